The fraction of sp³-hybridized carbons (Fsp3) is 0.391. The van der Waals surface area contributed by atoms with Gasteiger partial charge in [0.15, 0.2) is 5.96 Å². The van der Waals surface area contributed by atoms with Crippen molar-refractivity contribution in [1.29, 1.82) is 0 Å². The summed E-state index contributed by atoms with van der Waals surface area (Å²) in [5, 5.41) is 3.14. The number of aliphatic imine (C=N–C) groups is 1. The topological polar surface area (TPSA) is 80.0 Å². The Morgan fingerprint density at radius 1 is 1.07 bits per heavy atom. The average Bonchev–Trinajstić information content (AvgIpc) is 2.72. The van der Waals surface area contributed by atoms with Crippen molar-refractivity contribution in [3.8, 4) is 0 Å². The molecule has 2 atom stereocenters. The number of hydrogen-bond acceptors (Lipinski definition) is 3. The standard InChI is InChI=1S/C23H30N4O2.HI/c1-17-15-27(16-18(2)29-17)22(28)21-10-8-20(9-11-21)14-26-23(24)25-13-12-19-6-4-3-5-7-19;/h3-11,17-18H,12-16H2,1-2H3,(H3,24,25,26);1H. The first-order valence-corrected chi connectivity index (χ1v) is 10.1. The van der Waals surface area contributed by atoms with E-state index < -0.39 is 0 Å². The van der Waals surface area contributed by atoms with Gasteiger partial charge in [-0.3, -0.25) is 4.79 Å². The summed E-state index contributed by atoms with van der Waals surface area (Å²) in [6.07, 6.45) is 1.02. The molecular weight excluding hydrogens is 491 g/mol. The summed E-state index contributed by atoms with van der Waals surface area (Å²) < 4.78 is 5.70. The quantitative estimate of drug-likeness (QED) is 0.347. The second-order valence-electron chi connectivity index (χ2n) is 7.53. The lowest BCUT2D eigenvalue weighted by atomic mass is 10.1. The smallest absolute Gasteiger partial charge is 0.254 e. The number of guanidine groups is 1. The predicted molar refractivity (Wildman–Crippen MR) is 131 cm³/mol. The van der Waals surface area contributed by atoms with Crippen LogP contribution in [0.25, 0.3) is 0 Å². The molecule has 1 heterocycles. The van der Waals surface area contributed by atoms with E-state index >= 15 is 0 Å². The van der Waals surface area contributed by atoms with Gasteiger partial charge in [0, 0.05) is 25.2 Å². The highest BCUT2D eigenvalue weighted by Gasteiger charge is 2.26. The molecule has 0 saturated carbocycles. The molecule has 2 aromatic rings. The molecule has 2 aromatic carbocycles. The van der Waals surface area contributed by atoms with Crippen LogP contribution in [0.5, 0.6) is 0 Å². The van der Waals surface area contributed by atoms with Gasteiger partial charge in [-0.2, -0.15) is 0 Å². The summed E-state index contributed by atoms with van der Waals surface area (Å²) in [6.45, 7) is 6.46. The molecule has 0 bridgehead atoms. The molecule has 30 heavy (non-hydrogen) atoms. The van der Waals surface area contributed by atoms with Crippen LogP contribution in [-0.2, 0) is 17.7 Å². The Kier molecular flexibility index (Phi) is 9.58. The average molecular weight is 522 g/mol. The Hall–Kier alpha value is -2.13. The molecule has 0 aromatic heterocycles. The van der Waals surface area contributed by atoms with Crippen LogP contribution in [0.4, 0.5) is 0 Å². The second-order valence-corrected chi connectivity index (χ2v) is 7.53. The van der Waals surface area contributed by atoms with Crippen LogP contribution in [0, 0.1) is 0 Å². The third-order valence-corrected chi connectivity index (χ3v) is 4.90. The van der Waals surface area contributed by atoms with Gasteiger partial charge in [-0.15, -0.1) is 24.0 Å². The molecule has 1 fully saturated rings. The molecule has 7 heteroatoms. The summed E-state index contributed by atoms with van der Waals surface area (Å²) >= 11 is 0. The van der Waals surface area contributed by atoms with E-state index in [1.807, 2.05) is 61.2 Å². The molecule has 1 aliphatic heterocycles. The van der Waals surface area contributed by atoms with Crippen LogP contribution >= 0.6 is 24.0 Å². The number of carbonyl (C=O) groups is 1. The molecule has 1 aliphatic rings. The van der Waals surface area contributed by atoms with Crippen molar-refractivity contribution in [1.82, 2.24) is 10.2 Å². The molecule has 1 amide bonds. The van der Waals surface area contributed by atoms with Crippen LogP contribution < -0.4 is 11.1 Å². The van der Waals surface area contributed by atoms with Gasteiger partial charge in [-0.1, -0.05) is 42.5 Å². The normalized spacial score (nSPS) is 19.1. The summed E-state index contributed by atoms with van der Waals surface area (Å²) in [5.41, 5.74) is 8.91. The molecule has 162 valence electrons. The first kappa shape index (κ1) is 24.1. The van der Waals surface area contributed by atoms with Crippen molar-refractivity contribution in [3.63, 3.8) is 0 Å². The molecule has 1 saturated heterocycles. The number of morpholine rings is 1. The first-order valence-electron chi connectivity index (χ1n) is 10.1. The lowest BCUT2D eigenvalue weighted by Crippen LogP contribution is -2.48. The van der Waals surface area contributed by atoms with Gasteiger partial charge in [0.05, 0.1) is 18.8 Å². The van der Waals surface area contributed by atoms with Crippen molar-refractivity contribution in [3.05, 3.63) is 71.3 Å². The molecule has 6 nitrogen and oxygen atoms in total. The van der Waals surface area contributed by atoms with Crippen LogP contribution in [0.15, 0.2) is 59.6 Å². The maximum Gasteiger partial charge on any atom is 0.254 e. The number of nitrogens with zero attached hydrogens (tertiary/aromatic N) is 2. The molecule has 2 unspecified atom stereocenters. The van der Waals surface area contributed by atoms with Crippen molar-refractivity contribution >= 4 is 35.8 Å². The summed E-state index contributed by atoms with van der Waals surface area (Å²) in [5.74, 6) is 0.474. The number of nitrogens with two attached hydrogens (primary N) is 1. The zero-order chi connectivity index (χ0) is 20.6. The number of amides is 1. The van der Waals surface area contributed by atoms with Crippen molar-refractivity contribution in [2.24, 2.45) is 10.7 Å². The van der Waals surface area contributed by atoms with Gasteiger partial charge < -0.3 is 20.7 Å². The minimum Gasteiger partial charge on any atom is -0.372 e. The minimum absolute atomic E-state index is 0. The zero-order valence-corrected chi connectivity index (χ0v) is 19.9. The van der Waals surface area contributed by atoms with Gasteiger partial charge in [-0.25, -0.2) is 4.99 Å². The van der Waals surface area contributed by atoms with E-state index in [4.69, 9.17) is 10.5 Å². The molecule has 0 aliphatic carbocycles. The number of nitrogens with one attached hydrogen (secondary N) is 1. The number of ether oxygens (including phenoxy) is 1. The van der Waals surface area contributed by atoms with Crippen LogP contribution in [0.2, 0.25) is 0 Å². The third kappa shape index (κ3) is 7.28. The lowest BCUT2D eigenvalue weighted by Gasteiger charge is -2.35. The Morgan fingerprint density at radius 2 is 1.70 bits per heavy atom. The molecule has 3 N–H and O–H groups in total. The molecular formula is C23H31IN4O2. The fourth-order valence-corrected chi connectivity index (χ4v) is 3.49. The van der Waals surface area contributed by atoms with E-state index in [1.165, 1.54) is 5.56 Å². The molecule has 0 spiro atoms. The van der Waals surface area contributed by atoms with Gasteiger partial charge in [0.2, 0.25) is 0 Å². The van der Waals surface area contributed by atoms with Gasteiger partial charge in [-0.05, 0) is 43.5 Å². The highest BCUT2D eigenvalue weighted by molar-refractivity contribution is 14.0. The maximum atomic E-state index is 12.7. The van der Waals surface area contributed by atoms with Crippen molar-refractivity contribution in [2.45, 2.75) is 39.0 Å². The first-order chi connectivity index (χ1) is 14.0. The Morgan fingerprint density at radius 3 is 2.33 bits per heavy atom. The number of hydrogen-bond donors (Lipinski definition) is 2. The van der Waals surface area contributed by atoms with Crippen LogP contribution in [0.3, 0.4) is 0 Å². The summed E-state index contributed by atoms with van der Waals surface area (Å²) in [4.78, 5) is 19.0. The Bertz CT molecular complexity index is 817. The Labute approximate surface area is 195 Å². The molecule has 3 rings (SSSR count). The van der Waals surface area contributed by atoms with E-state index in [1.54, 1.807) is 0 Å². The fourth-order valence-electron chi connectivity index (χ4n) is 3.49. The predicted octanol–water partition coefficient (Wildman–Crippen LogP) is 3.20. The highest BCUT2D eigenvalue weighted by atomic mass is 127. The SMILES string of the molecule is CC1CN(C(=O)c2ccc(CN=C(N)NCCc3ccccc3)cc2)CC(C)O1.I. The van der Waals surface area contributed by atoms with Gasteiger partial charge in [0.25, 0.3) is 5.91 Å². The van der Waals surface area contributed by atoms with E-state index in [0.29, 0.717) is 31.2 Å². The number of benzene rings is 2. The Balaban J connectivity index is 0.00000320. The lowest BCUT2D eigenvalue weighted by molar-refractivity contribution is -0.0586. The van der Waals surface area contributed by atoms with Crippen LogP contribution in [-0.4, -0.2) is 48.6 Å². The highest BCUT2D eigenvalue weighted by Crippen LogP contribution is 2.15. The largest absolute Gasteiger partial charge is 0.372 e. The maximum absolute atomic E-state index is 12.7. The monoisotopic (exact) mass is 522 g/mol. The van der Waals surface area contributed by atoms with Gasteiger partial charge >= 0.3 is 0 Å². The number of halogens is 1. The van der Waals surface area contributed by atoms with Crippen LogP contribution in [0.1, 0.15) is 35.3 Å². The number of rotatable bonds is 6. The third-order valence-electron chi connectivity index (χ3n) is 4.90. The minimum atomic E-state index is 0. The van der Waals surface area contributed by atoms with Crippen molar-refractivity contribution in [2.75, 3.05) is 19.6 Å². The molecule has 0 radical (unpaired) electrons. The van der Waals surface area contributed by atoms with Gasteiger partial charge in [0.1, 0.15) is 0 Å². The van der Waals surface area contributed by atoms with E-state index in [-0.39, 0.29) is 42.1 Å². The summed E-state index contributed by atoms with van der Waals surface area (Å²) in [6, 6.07) is 17.8. The number of carbonyl (C=O) groups excluding carboxylic acids is 1. The van der Waals surface area contributed by atoms with E-state index in [9.17, 15) is 4.79 Å². The zero-order valence-electron chi connectivity index (χ0n) is 17.6. The second kappa shape index (κ2) is 11.9. The summed E-state index contributed by atoms with van der Waals surface area (Å²) in [7, 11) is 0. The van der Waals surface area contributed by atoms with E-state index in [0.717, 1.165) is 18.5 Å². The van der Waals surface area contributed by atoms with Crippen molar-refractivity contribution < 1.29 is 9.53 Å². The van der Waals surface area contributed by atoms with E-state index in [2.05, 4.69) is 22.4 Å².